The van der Waals surface area contributed by atoms with E-state index in [1.807, 2.05) is 0 Å². The van der Waals surface area contributed by atoms with Crippen molar-refractivity contribution in [1.82, 2.24) is 4.90 Å². The molecule has 88 valence electrons. The van der Waals surface area contributed by atoms with Crippen molar-refractivity contribution in [2.75, 3.05) is 7.11 Å². The highest BCUT2D eigenvalue weighted by Crippen LogP contribution is 2.34. The third kappa shape index (κ3) is 1.41. The summed E-state index contributed by atoms with van der Waals surface area (Å²) in [5, 5.41) is 0. The Morgan fingerprint density at radius 1 is 1.12 bits per heavy atom. The Morgan fingerprint density at radius 2 is 1.65 bits per heavy atom. The van der Waals surface area contributed by atoms with Gasteiger partial charge in [0, 0.05) is 13.2 Å². The zero-order chi connectivity index (χ0) is 12.0. The smallest absolute Gasteiger partial charge is 0.261 e. The fraction of sp³-hybridized carbons (Fsp3) is 0.385. The number of imide groups is 1. The molecule has 1 heterocycles. The van der Waals surface area contributed by atoms with E-state index in [0.29, 0.717) is 11.1 Å². The summed E-state index contributed by atoms with van der Waals surface area (Å²) in [5.74, 6) is -0.324. The molecule has 2 aliphatic rings. The average molecular weight is 231 g/mol. The minimum atomic E-state index is -0.162. The quantitative estimate of drug-likeness (QED) is 0.724. The van der Waals surface area contributed by atoms with E-state index in [9.17, 15) is 9.59 Å². The molecule has 1 saturated carbocycles. The van der Waals surface area contributed by atoms with Crippen LogP contribution in [0.2, 0.25) is 0 Å². The first-order valence-corrected chi connectivity index (χ1v) is 5.72. The fourth-order valence-electron chi connectivity index (χ4n) is 2.48. The van der Waals surface area contributed by atoms with Crippen molar-refractivity contribution >= 4 is 11.8 Å². The normalized spacial score (nSPS) is 27.0. The molecular weight excluding hydrogens is 218 g/mol. The fourth-order valence-corrected chi connectivity index (χ4v) is 2.48. The first kappa shape index (κ1) is 10.5. The molecule has 1 aliphatic carbocycles. The van der Waals surface area contributed by atoms with Gasteiger partial charge in [0.15, 0.2) is 0 Å². The van der Waals surface area contributed by atoms with Crippen LogP contribution in [0.1, 0.15) is 33.6 Å². The molecule has 0 spiro atoms. The molecular formula is C13H13NO3. The van der Waals surface area contributed by atoms with E-state index in [2.05, 4.69) is 0 Å². The maximum atomic E-state index is 12.1. The molecule has 0 bridgehead atoms. The standard InChI is InChI=1S/C13H13NO3/c1-17-9-6-8(7-9)14-12(15)10-4-2-3-5-11(10)13(14)16/h2-5,8-9H,6-7H2,1H3. The summed E-state index contributed by atoms with van der Waals surface area (Å²) in [7, 11) is 1.66. The molecule has 0 aromatic heterocycles. The van der Waals surface area contributed by atoms with Crippen LogP contribution < -0.4 is 0 Å². The van der Waals surface area contributed by atoms with Gasteiger partial charge in [0.05, 0.1) is 17.2 Å². The second kappa shape index (κ2) is 3.67. The SMILES string of the molecule is COC1CC(N2C(=O)c3ccccc3C2=O)C1. The Hall–Kier alpha value is -1.68. The predicted octanol–water partition coefficient (Wildman–Crippen LogP) is 1.46. The van der Waals surface area contributed by atoms with Crippen LogP contribution in [0.5, 0.6) is 0 Å². The Labute approximate surface area is 99.2 Å². The van der Waals surface area contributed by atoms with Crippen LogP contribution in [-0.2, 0) is 4.74 Å². The lowest BCUT2D eigenvalue weighted by atomic mass is 9.88. The van der Waals surface area contributed by atoms with Crippen molar-refractivity contribution in [2.24, 2.45) is 0 Å². The zero-order valence-electron chi connectivity index (χ0n) is 9.55. The first-order chi connectivity index (χ1) is 8.22. The number of fused-ring (bicyclic) bond motifs is 1. The third-order valence-electron chi connectivity index (χ3n) is 3.59. The molecule has 0 N–H and O–H groups in total. The van der Waals surface area contributed by atoms with Crippen LogP contribution in [0, 0.1) is 0 Å². The number of amides is 2. The maximum Gasteiger partial charge on any atom is 0.261 e. The molecule has 1 aromatic carbocycles. The van der Waals surface area contributed by atoms with E-state index in [4.69, 9.17) is 4.74 Å². The summed E-state index contributed by atoms with van der Waals surface area (Å²) in [4.78, 5) is 25.6. The lowest BCUT2D eigenvalue weighted by Crippen LogP contribution is -2.50. The van der Waals surface area contributed by atoms with E-state index >= 15 is 0 Å². The van der Waals surface area contributed by atoms with Crippen LogP contribution in [0.3, 0.4) is 0 Å². The van der Waals surface area contributed by atoms with Gasteiger partial charge in [0.1, 0.15) is 0 Å². The van der Waals surface area contributed by atoms with Gasteiger partial charge in [-0.15, -0.1) is 0 Å². The van der Waals surface area contributed by atoms with Gasteiger partial charge in [0.25, 0.3) is 11.8 Å². The van der Waals surface area contributed by atoms with Gasteiger partial charge in [-0.05, 0) is 25.0 Å². The number of hydrogen-bond acceptors (Lipinski definition) is 3. The van der Waals surface area contributed by atoms with Gasteiger partial charge in [0.2, 0.25) is 0 Å². The molecule has 1 aromatic rings. The Kier molecular flexibility index (Phi) is 2.26. The van der Waals surface area contributed by atoms with Crippen molar-refractivity contribution in [2.45, 2.75) is 25.0 Å². The number of hydrogen-bond donors (Lipinski definition) is 0. The molecule has 4 heteroatoms. The van der Waals surface area contributed by atoms with E-state index in [1.54, 1.807) is 31.4 Å². The summed E-state index contributed by atoms with van der Waals surface area (Å²) in [6.07, 6.45) is 1.69. The summed E-state index contributed by atoms with van der Waals surface area (Å²) >= 11 is 0. The maximum absolute atomic E-state index is 12.1. The van der Waals surface area contributed by atoms with Crippen LogP contribution in [-0.4, -0.2) is 36.0 Å². The largest absolute Gasteiger partial charge is 0.381 e. The third-order valence-corrected chi connectivity index (χ3v) is 3.59. The molecule has 1 fully saturated rings. The molecule has 0 saturated heterocycles. The average Bonchev–Trinajstić information content (AvgIpc) is 2.54. The van der Waals surface area contributed by atoms with Gasteiger partial charge >= 0.3 is 0 Å². The minimum Gasteiger partial charge on any atom is -0.381 e. The lowest BCUT2D eigenvalue weighted by molar-refractivity contribution is -0.0142. The van der Waals surface area contributed by atoms with E-state index in [1.165, 1.54) is 4.90 Å². The van der Waals surface area contributed by atoms with Crippen molar-refractivity contribution < 1.29 is 14.3 Å². The number of rotatable bonds is 2. The molecule has 4 nitrogen and oxygen atoms in total. The van der Waals surface area contributed by atoms with Crippen molar-refractivity contribution in [3.8, 4) is 0 Å². The summed E-state index contributed by atoms with van der Waals surface area (Å²) in [6.45, 7) is 0. The monoisotopic (exact) mass is 231 g/mol. The number of nitrogens with zero attached hydrogens (tertiary/aromatic N) is 1. The van der Waals surface area contributed by atoms with Gasteiger partial charge in [-0.25, -0.2) is 0 Å². The molecule has 0 radical (unpaired) electrons. The van der Waals surface area contributed by atoms with Crippen molar-refractivity contribution in [1.29, 1.82) is 0 Å². The van der Waals surface area contributed by atoms with Crippen LogP contribution in [0.4, 0.5) is 0 Å². The minimum absolute atomic E-state index is 0.00681. The number of carbonyl (C=O) groups excluding carboxylic acids is 2. The van der Waals surface area contributed by atoms with Crippen LogP contribution in [0.25, 0.3) is 0 Å². The molecule has 0 atom stereocenters. The van der Waals surface area contributed by atoms with Crippen molar-refractivity contribution in [3.63, 3.8) is 0 Å². The summed E-state index contributed by atoms with van der Waals surface area (Å²) in [5.41, 5.74) is 1.05. The highest BCUT2D eigenvalue weighted by Gasteiger charge is 2.44. The van der Waals surface area contributed by atoms with E-state index in [-0.39, 0.29) is 24.0 Å². The molecule has 1 aliphatic heterocycles. The second-order valence-electron chi connectivity index (χ2n) is 4.51. The van der Waals surface area contributed by atoms with Crippen molar-refractivity contribution in [3.05, 3.63) is 35.4 Å². The number of ether oxygens (including phenoxy) is 1. The van der Waals surface area contributed by atoms with E-state index in [0.717, 1.165) is 12.8 Å². The van der Waals surface area contributed by atoms with Gasteiger partial charge in [-0.2, -0.15) is 0 Å². The summed E-state index contributed by atoms with van der Waals surface area (Å²) < 4.78 is 5.17. The number of methoxy groups -OCH3 is 1. The van der Waals surface area contributed by atoms with Crippen LogP contribution in [0.15, 0.2) is 24.3 Å². The number of benzene rings is 1. The zero-order valence-corrected chi connectivity index (χ0v) is 9.55. The predicted molar refractivity (Wildman–Crippen MR) is 60.8 cm³/mol. The highest BCUT2D eigenvalue weighted by molar-refractivity contribution is 6.21. The second-order valence-corrected chi connectivity index (χ2v) is 4.51. The lowest BCUT2D eigenvalue weighted by Gasteiger charge is -2.38. The molecule has 2 amide bonds. The Bertz CT molecular complexity index is 456. The summed E-state index contributed by atoms with van der Waals surface area (Å²) in [6, 6.07) is 7.00. The first-order valence-electron chi connectivity index (χ1n) is 5.72. The van der Waals surface area contributed by atoms with Gasteiger partial charge in [-0.3, -0.25) is 14.5 Å². The van der Waals surface area contributed by atoms with E-state index < -0.39 is 0 Å². The Morgan fingerprint density at radius 3 is 2.12 bits per heavy atom. The van der Waals surface area contributed by atoms with Gasteiger partial charge < -0.3 is 4.74 Å². The molecule has 17 heavy (non-hydrogen) atoms. The van der Waals surface area contributed by atoms with Crippen LogP contribution >= 0.6 is 0 Å². The topological polar surface area (TPSA) is 46.6 Å². The molecule has 3 rings (SSSR count). The highest BCUT2D eigenvalue weighted by atomic mass is 16.5. The molecule has 0 unspecified atom stereocenters. The Balaban J connectivity index is 1.86. The van der Waals surface area contributed by atoms with Gasteiger partial charge in [-0.1, -0.05) is 12.1 Å². The number of carbonyl (C=O) groups is 2.